The SMILES string of the molecule is CSc1ccc(C(F)(F)F)cc1N=CNO. The molecule has 1 rings (SSSR count). The number of hydrogen-bond acceptors (Lipinski definition) is 3. The third-order valence-corrected chi connectivity index (χ3v) is 2.55. The molecule has 0 spiro atoms. The molecule has 0 aliphatic rings. The van der Waals surface area contributed by atoms with Gasteiger partial charge in [-0.25, -0.2) is 4.99 Å². The Morgan fingerprint density at radius 2 is 2.12 bits per heavy atom. The van der Waals surface area contributed by atoms with Crippen LogP contribution >= 0.6 is 11.8 Å². The van der Waals surface area contributed by atoms with Gasteiger partial charge in [-0.15, -0.1) is 11.8 Å². The van der Waals surface area contributed by atoms with Gasteiger partial charge in [-0.1, -0.05) is 0 Å². The zero-order valence-electron chi connectivity index (χ0n) is 8.25. The van der Waals surface area contributed by atoms with Gasteiger partial charge < -0.3 is 0 Å². The van der Waals surface area contributed by atoms with Gasteiger partial charge in [0.25, 0.3) is 0 Å². The van der Waals surface area contributed by atoms with Gasteiger partial charge in [-0.2, -0.15) is 13.2 Å². The molecule has 0 unspecified atom stereocenters. The molecule has 88 valence electrons. The second-order valence-electron chi connectivity index (χ2n) is 2.77. The predicted molar refractivity (Wildman–Crippen MR) is 56.3 cm³/mol. The van der Waals surface area contributed by atoms with Crippen LogP contribution in [0.3, 0.4) is 0 Å². The van der Waals surface area contributed by atoms with E-state index in [2.05, 4.69) is 4.99 Å². The number of rotatable bonds is 3. The smallest absolute Gasteiger partial charge is 0.290 e. The highest BCUT2D eigenvalue weighted by Gasteiger charge is 2.30. The highest BCUT2D eigenvalue weighted by Crippen LogP contribution is 2.35. The van der Waals surface area contributed by atoms with E-state index < -0.39 is 11.7 Å². The molecule has 0 fully saturated rings. The van der Waals surface area contributed by atoms with E-state index in [1.165, 1.54) is 17.8 Å². The van der Waals surface area contributed by atoms with Crippen LogP contribution in [0, 0.1) is 0 Å². The number of halogens is 3. The molecule has 0 saturated carbocycles. The van der Waals surface area contributed by atoms with Gasteiger partial charge >= 0.3 is 6.18 Å². The van der Waals surface area contributed by atoms with Crippen LogP contribution < -0.4 is 5.48 Å². The molecule has 3 nitrogen and oxygen atoms in total. The summed E-state index contributed by atoms with van der Waals surface area (Å²) in [5.41, 5.74) is 1.03. The highest BCUT2D eigenvalue weighted by molar-refractivity contribution is 7.98. The number of hydroxylamine groups is 1. The number of hydrogen-bond donors (Lipinski definition) is 2. The summed E-state index contributed by atoms with van der Waals surface area (Å²) in [6.07, 6.45) is -1.75. The lowest BCUT2D eigenvalue weighted by molar-refractivity contribution is -0.137. The molecule has 1 aromatic carbocycles. The molecule has 16 heavy (non-hydrogen) atoms. The number of thioether (sulfide) groups is 1. The first-order valence-electron chi connectivity index (χ1n) is 4.16. The Bertz CT molecular complexity index is 393. The maximum Gasteiger partial charge on any atom is 0.416 e. The quantitative estimate of drug-likeness (QED) is 0.375. The topological polar surface area (TPSA) is 44.6 Å². The Balaban J connectivity index is 3.16. The van der Waals surface area contributed by atoms with Crippen LogP contribution in [0.5, 0.6) is 0 Å². The fourth-order valence-electron chi connectivity index (χ4n) is 1.07. The summed E-state index contributed by atoms with van der Waals surface area (Å²) in [7, 11) is 0. The number of alkyl halides is 3. The van der Waals surface area contributed by atoms with E-state index in [1.807, 2.05) is 0 Å². The Morgan fingerprint density at radius 1 is 1.44 bits per heavy atom. The maximum absolute atomic E-state index is 12.4. The molecule has 0 saturated heterocycles. The molecule has 0 aliphatic heterocycles. The lowest BCUT2D eigenvalue weighted by Gasteiger charge is -2.09. The summed E-state index contributed by atoms with van der Waals surface area (Å²) in [4.78, 5) is 4.26. The van der Waals surface area contributed by atoms with Crippen molar-refractivity contribution in [3.05, 3.63) is 23.8 Å². The number of aliphatic imine (C=N–C) groups is 1. The third-order valence-electron chi connectivity index (χ3n) is 1.77. The van der Waals surface area contributed by atoms with Gasteiger partial charge in [0.1, 0.15) is 6.34 Å². The molecule has 0 atom stereocenters. The fraction of sp³-hybridized carbons (Fsp3) is 0.222. The van der Waals surface area contributed by atoms with Gasteiger partial charge in [-0.05, 0) is 24.5 Å². The monoisotopic (exact) mass is 250 g/mol. The number of nitrogens with zero attached hydrogens (tertiary/aromatic N) is 1. The molecule has 0 aromatic heterocycles. The van der Waals surface area contributed by atoms with E-state index in [-0.39, 0.29) is 5.69 Å². The van der Waals surface area contributed by atoms with E-state index in [0.717, 1.165) is 18.5 Å². The zero-order valence-corrected chi connectivity index (χ0v) is 9.06. The van der Waals surface area contributed by atoms with Gasteiger partial charge in [0, 0.05) is 4.90 Å². The van der Waals surface area contributed by atoms with Crippen molar-refractivity contribution >= 4 is 23.8 Å². The van der Waals surface area contributed by atoms with E-state index in [9.17, 15) is 13.2 Å². The van der Waals surface area contributed by atoms with Crippen LogP contribution in [-0.2, 0) is 6.18 Å². The molecule has 0 amide bonds. The lowest BCUT2D eigenvalue weighted by atomic mass is 10.2. The van der Waals surface area contributed by atoms with Crippen LogP contribution in [0.15, 0.2) is 28.1 Å². The van der Waals surface area contributed by atoms with E-state index in [1.54, 1.807) is 11.7 Å². The average Bonchev–Trinajstić information content (AvgIpc) is 2.24. The van der Waals surface area contributed by atoms with E-state index in [4.69, 9.17) is 5.21 Å². The molecule has 0 radical (unpaired) electrons. The molecular formula is C9H9F3N2OS. The lowest BCUT2D eigenvalue weighted by Crippen LogP contribution is -2.05. The van der Waals surface area contributed by atoms with Crippen molar-refractivity contribution in [3.8, 4) is 0 Å². The maximum atomic E-state index is 12.4. The average molecular weight is 250 g/mol. The Hall–Kier alpha value is -1.21. The molecule has 0 bridgehead atoms. The van der Waals surface area contributed by atoms with Crippen LogP contribution in [0.2, 0.25) is 0 Å². The van der Waals surface area contributed by atoms with Crippen molar-refractivity contribution in [1.82, 2.24) is 5.48 Å². The number of nitrogens with one attached hydrogen (secondary N) is 1. The first kappa shape index (κ1) is 12.9. The largest absolute Gasteiger partial charge is 0.416 e. The predicted octanol–water partition coefficient (Wildman–Crippen LogP) is 3.07. The zero-order chi connectivity index (χ0) is 12.2. The minimum atomic E-state index is -4.39. The third kappa shape index (κ3) is 3.14. The standard InChI is InChI=1S/C9H9F3N2OS/c1-16-8-3-2-6(9(10,11)12)4-7(8)13-5-14-15/h2-5,15H,1H3,(H,13,14). The summed E-state index contributed by atoms with van der Waals surface area (Å²) in [6.45, 7) is 0. The van der Waals surface area contributed by atoms with E-state index in [0.29, 0.717) is 4.90 Å². The summed E-state index contributed by atoms with van der Waals surface area (Å²) < 4.78 is 37.2. The van der Waals surface area contributed by atoms with Crippen LogP contribution in [0.25, 0.3) is 0 Å². The van der Waals surface area contributed by atoms with Gasteiger partial charge in [-0.3, -0.25) is 10.7 Å². The van der Waals surface area contributed by atoms with Crippen molar-refractivity contribution < 1.29 is 18.4 Å². The van der Waals surface area contributed by atoms with Crippen LogP contribution in [0.4, 0.5) is 18.9 Å². The molecule has 1 aromatic rings. The normalized spacial score (nSPS) is 12.1. The fourth-order valence-corrected chi connectivity index (χ4v) is 1.59. The Morgan fingerprint density at radius 3 is 2.62 bits per heavy atom. The molecule has 0 aliphatic carbocycles. The molecule has 2 N–H and O–H groups in total. The van der Waals surface area contributed by atoms with Gasteiger partial charge in [0.2, 0.25) is 0 Å². The van der Waals surface area contributed by atoms with Crippen molar-refractivity contribution in [3.63, 3.8) is 0 Å². The Labute approximate surface area is 94.3 Å². The molecule has 7 heteroatoms. The molecule has 0 heterocycles. The first-order chi connectivity index (χ1) is 7.49. The van der Waals surface area contributed by atoms with Gasteiger partial charge in [0.05, 0.1) is 11.3 Å². The van der Waals surface area contributed by atoms with Crippen molar-refractivity contribution in [2.75, 3.05) is 6.26 Å². The second-order valence-corrected chi connectivity index (χ2v) is 3.62. The van der Waals surface area contributed by atoms with Crippen LogP contribution in [0.1, 0.15) is 5.56 Å². The minimum Gasteiger partial charge on any atom is -0.290 e. The van der Waals surface area contributed by atoms with Gasteiger partial charge in [0.15, 0.2) is 0 Å². The van der Waals surface area contributed by atoms with Crippen molar-refractivity contribution in [1.29, 1.82) is 0 Å². The summed E-state index contributed by atoms with van der Waals surface area (Å²) in [5, 5.41) is 8.29. The van der Waals surface area contributed by atoms with E-state index >= 15 is 0 Å². The summed E-state index contributed by atoms with van der Waals surface area (Å²) in [5.74, 6) is 0. The minimum absolute atomic E-state index is 0.156. The Kier molecular flexibility index (Phi) is 4.19. The van der Waals surface area contributed by atoms with Crippen molar-refractivity contribution in [2.45, 2.75) is 11.1 Å². The highest BCUT2D eigenvalue weighted by atomic mass is 32.2. The number of benzene rings is 1. The second kappa shape index (κ2) is 5.22. The molecular weight excluding hydrogens is 241 g/mol. The van der Waals surface area contributed by atoms with Crippen molar-refractivity contribution in [2.24, 2.45) is 4.99 Å². The first-order valence-corrected chi connectivity index (χ1v) is 5.39. The van der Waals surface area contributed by atoms with Crippen LogP contribution in [-0.4, -0.2) is 17.8 Å². The summed E-state index contributed by atoms with van der Waals surface area (Å²) >= 11 is 1.27. The summed E-state index contributed by atoms with van der Waals surface area (Å²) in [6, 6.07) is 3.27.